The third-order valence-electron chi connectivity index (χ3n) is 4.73. The molecule has 1 fully saturated rings. The average molecular weight is 355 g/mol. The number of nitrogens with zero attached hydrogens (tertiary/aromatic N) is 3. The van der Waals surface area contributed by atoms with E-state index in [1.165, 1.54) is 10.7 Å². The molecule has 0 spiro atoms. The molecule has 6 nitrogen and oxygen atoms in total. The second-order valence-electron chi connectivity index (χ2n) is 6.72. The van der Waals surface area contributed by atoms with Gasteiger partial charge >= 0.3 is 0 Å². The summed E-state index contributed by atoms with van der Waals surface area (Å²) in [7, 11) is 0. The summed E-state index contributed by atoms with van der Waals surface area (Å²) in [5.74, 6) is 0.0377. The summed E-state index contributed by atoms with van der Waals surface area (Å²) in [6.07, 6.45) is 3.02. The first-order valence-corrected chi connectivity index (χ1v) is 9.16. The van der Waals surface area contributed by atoms with Crippen LogP contribution in [0.15, 0.2) is 35.1 Å². The molecule has 1 aromatic carbocycles. The number of carbonyl (C=O) groups is 1. The van der Waals surface area contributed by atoms with Crippen molar-refractivity contribution in [3.63, 3.8) is 0 Å². The van der Waals surface area contributed by atoms with Gasteiger partial charge in [-0.1, -0.05) is 17.7 Å². The van der Waals surface area contributed by atoms with E-state index >= 15 is 0 Å². The molecule has 0 bridgehead atoms. The predicted molar refractivity (Wildman–Crippen MR) is 100 cm³/mol. The van der Waals surface area contributed by atoms with Gasteiger partial charge in [0.15, 0.2) is 5.69 Å². The normalized spacial score (nSPS) is 17.2. The zero-order chi connectivity index (χ0) is 18.7. The van der Waals surface area contributed by atoms with E-state index in [0.717, 1.165) is 30.5 Å². The number of piperidine rings is 1. The van der Waals surface area contributed by atoms with Gasteiger partial charge in [-0.05, 0) is 52.2 Å². The molecular formula is C20H25N3O3. The van der Waals surface area contributed by atoms with Crippen LogP contribution in [0, 0.1) is 6.92 Å². The molecule has 0 saturated carbocycles. The van der Waals surface area contributed by atoms with E-state index in [1.54, 1.807) is 4.90 Å². The summed E-state index contributed by atoms with van der Waals surface area (Å²) in [6.45, 7) is 6.93. The van der Waals surface area contributed by atoms with Crippen molar-refractivity contribution in [2.75, 3.05) is 13.2 Å². The Hall–Kier alpha value is -2.63. The lowest BCUT2D eigenvalue weighted by molar-refractivity contribution is 0.0625. The van der Waals surface area contributed by atoms with Crippen LogP contribution in [0.2, 0.25) is 0 Å². The van der Waals surface area contributed by atoms with Crippen LogP contribution in [0.5, 0.6) is 5.88 Å². The number of aromatic nitrogens is 2. The van der Waals surface area contributed by atoms with E-state index in [2.05, 4.69) is 5.10 Å². The van der Waals surface area contributed by atoms with Crippen molar-refractivity contribution in [2.24, 2.45) is 0 Å². The molecule has 2 aromatic rings. The maximum absolute atomic E-state index is 12.9. The fraction of sp³-hybridized carbons (Fsp3) is 0.450. The molecule has 1 aliphatic heterocycles. The smallest absolute Gasteiger partial charge is 0.278 e. The molecule has 2 heterocycles. The summed E-state index contributed by atoms with van der Waals surface area (Å²) in [4.78, 5) is 27.2. The SMILES string of the molecule is CCOc1cc(=O)c(C(=O)N2CCCC[C@H]2C)nn1-c1ccc(C)cc1. The third kappa shape index (κ3) is 3.64. The number of benzene rings is 1. The second kappa shape index (κ2) is 7.72. The molecular weight excluding hydrogens is 330 g/mol. The molecule has 26 heavy (non-hydrogen) atoms. The lowest BCUT2D eigenvalue weighted by Crippen LogP contribution is -2.44. The molecule has 1 atom stereocenters. The van der Waals surface area contributed by atoms with Gasteiger partial charge in [0.05, 0.1) is 18.4 Å². The van der Waals surface area contributed by atoms with Gasteiger partial charge in [-0.3, -0.25) is 9.59 Å². The predicted octanol–water partition coefficient (Wildman–Crippen LogP) is 2.95. The van der Waals surface area contributed by atoms with Crippen LogP contribution < -0.4 is 10.2 Å². The minimum Gasteiger partial charge on any atom is -0.478 e. The zero-order valence-electron chi connectivity index (χ0n) is 15.6. The standard InChI is InChI=1S/C20H25N3O3/c1-4-26-18-13-17(24)19(20(25)22-12-6-5-7-15(22)3)21-23(18)16-10-8-14(2)9-11-16/h8-11,13,15H,4-7,12H2,1-3H3/t15-/m1/s1. The zero-order valence-corrected chi connectivity index (χ0v) is 15.6. The van der Waals surface area contributed by atoms with Crippen molar-refractivity contribution >= 4 is 5.91 Å². The molecule has 1 aromatic heterocycles. The van der Waals surface area contributed by atoms with Gasteiger partial charge in [0.1, 0.15) is 0 Å². The fourth-order valence-corrected chi connectivity index (χ4v) is 3.25. The van der Waals surface area contributed by atoms with Gasteiger partial charge < -0.3 is 9.64 Å². The maximum Gasteiger partial charge on any atom is 0.278 e. The van der Waals surface area contributed by atoms with Crippen LogP contribution in [0.3, 0.4) is 0 Å². The molecule has 0 N–H and O–H groups in total. The molecule has 1 saturated heterocycles. The Bertz CT molecular complexity index is 842. The molecule has 138 valence electrons. The van der Waals surface area contributed by atoms with Crippen LogP contribution >= 0.6 is 0 Å². The first-order valence-electron chi connectivity index (χ1n) is 9.16. The van der Waals surface area contributed by atoms with Crippen molar-refractivity contribution in [1.82, 2.24) is 14.7 Å². The van der Waals surface area contributed by atoms with E-state index in [-0.39, 0.29) is 17.6 Å². The molecule has 0 radical (unpaired) electrons. The van der Waals surface area contributed by atoms with Gasteiger partial charge in [0.2, 0.25) is 11.3 Å². The van der Waals surface area contributed by atoms with E-state index in [9.17, 15) is 9.59 Å². The van der Waals surface area contributed by atoms with Crippen LogP contribution in [0.25, 0.3) is 5.69 Å². The number of aryl methyl sites for hydroxylation is 1. The number of hydrogen-bond donors (Lipinski definition) is 0. The highest BCUT2D eigenvalue weighted by atomic mass is 16.5. The first kappa shape index (κ1) is 18.2. The Morgan fingerprint density at radius 3 is 2.65 bits per heavy atom. The number of amides is 1. The van der Waals surface area contributed by atoms with E-state index in [4.69, 9.17) is 4.74 Å². The summed E-state index contributed by atoms with van der Waals surface area (Å²) < 4.78 is 7.11. The Morgan fingerprint density at radius 2 is 2.00 bits per heavy atom. The fourth-order valence-electron chi connectivity index (χ4n) is 3.25. The first-order chi connectivity index (χ1) is 12.5. The van der Waals surface area contributed by atoms with Gasteiger partial charge in [-0.15, -0.1) is 0 Å². The number of ether oxygens (including phenoxy) is 1. The minimum absolute atomic E-state index is 0.0530. The summed E-state index contributed by atoms with van der Waals surface area (Å²) in [6, 6.07) is 9.19. The van der Waals surface area contributed by atoms with Gasteiger partial charge in [-0.2, -0.15) is 5.10 Å². The van der Waals surface area contributed by atoms with Crippen molar-refractivity contribution in [1.29, 1.82) is 0 Å². The van der Waals surface area contributed by atoms with Gasteiger partial charge in [0.25, 0.3) is 5.91 Å². The summed E-state index contributed by atoms with van der Waals surface area (Å²) in [5, 5.41) is 4.39. The largest absolute Gasteiger partial charge is 0.478 e. The number of rotatable bonds is 4. The highest BCUT2D eigenvalue weighted by molar-refractivity contribution is 5.92. The van der Waals surface area contributed by atoms with Crippen LogP contribution in [0.1, 0.15) is 49.2 Å². The number of hydrogen-bond acceptors (Lipinski definition) is 4. The van der Waals surface area contributed by atoms with Crippen molar-refractivity contribution in [3.8, 4) is 11.6 Å². The average Bonchev–Trinajstić information content (AvgIpc) is 2.63. The number of likely N-dealkylation sites (tertiary alicyclic amines) is 1. The summed E-state index contributed by atoms with van der Waals surface area (Å²) in [5.41, 5.74) is 1.41. The number of carbonyl (C=O) groups excluding carboxylic acids is 1. The molecule has 6 heteroatoms. The van der Waals surface area contributed by atoms with Crippen LogP contribution in [-0.2, 0) is 0 Å². The van der Waals surface area contributed by atoms with E-state index < -0.39 is 5.43 Å². The van der Waals surface area contributed by atoms with Crippen LogP contribution in [-0.4, -0.2) is 39.8 Å². The van der Waals surface area contributed by atoms with Gasteiger partial charge in [0, 0.05) is 12.6 Å². The second-order valence-corrected chi connectivity index (χ2v) is 6.72. The molecule has 3 rings (SSSR count). The summed E-state index contributed by atoms with van der Waals surface area (Å²) >= 11 is 0. The topological polar surface area (TPSA) is 64.4 Å². The third-order valence-corrected chi connectivity index (χ3v) is 4.73. The maximum atomic E-state index is 12.9. The highest BCUT2D eigenvalue weighted by Gasteiger charge is 2.28. The minimum atomic E-state index is -0.403. The van der Waals surface area contributed by atoms with E-state index in [1.807, 2.05) is 45.0 Å². The lowest BCUT2D eigenvalue weighted by Gasteiger charge is -2.33. The lowest BCUT2D eigenvalue weighted by atomic mass is 10.0. The quantitative estimate of drug-likeness (QED) is 0.846. The Balaban J connectivity index is 2.06. The molecule has 0 unspecified atom stereocenters. The highest BCUT2D eigenvalue weighted by Crippen LogP contribution is 2.20. The van der Waals surface area contributed by atoms with Crippen LogP contribution in [0.4, 0.5) is 0 Å². The van der Waals surface area contributed by atoms with Gasteiger partial charge in [-0.25, -0.2) is 4.68 Å². The Labute approximate surface area is 153 Å². The molecule has 1 aliphatic rings. The Morgan fingerprint density at radius 1 is 1.27 bits per heavy atom. The monoisotopic (exact) mass is 355 g/mol. The van der Waals surface area contributed by atoms with Crippen molar-refractivity contribution in [3.05, 3.63) is 51.8 Å². The molecule has 0 aliphatic carbocycles. The van der Waals surface area contributed by atoms with Crippen molar-refractivity contribution in [2.45, 2.75) is 46.1 Å². The van der Waals surface area contributed by atoms with Crippen molar-refractivity contribution < 1.29 is 9.53 Å². The van der Waals surface area contributed by atoms with E-state index in [0.29, 0.717) is 19.0 Å². The Kier molecular flexibility index (Phi) is 5.40. The molecule has 1 amide bonds.